The number of unbranched alkanes of at least 4 members (excludes halogenated alkanes) is 7. The highest BCUT2D eigenvalue weighted by molar-refractivity contribution is 6.39. The monoisotopic (exact) mass is 366 g/mol. The predicted octanol–water partition coefficient (Wildman–Crippen LogP) is 6.21. The molecular formula is C18H32Cl2O3. The summed E-state index contributed by atoms with van der Waals surface area (Å²) in [6.45, 7) is 2.17. The van der Waals surface area contributed by atoms with Crippen molar-refractivity contribution < 1.29 is 15.0 Å². The van der Waals surface area contributed by atoms with Crippen molar-refractivity contribution in [3.63, 3.8) is 0 Å². The van der Waals surface area contributed by atoms with E-state index in [1.807, 2.05) is 0 Å². The maximum absolute atomic E-state index is 10.4. The van der Waals surface area contributed by atoms with Crippen molar-refractivity contribution in [2.24, 2.45) is 0 Å². The number of aliphatic hydroxyl groups excluding tert-OH is 1. The van der Waals surface area contributed by atoms with Gasteiger partial charge in [0.2, 0.25) is 0 Å². The maximum atomic E-state index is 10.4. The zero-order valence-corrected chi connectivity index (χ0v) is 15.8. The fourth-order valence-corrected chi connectivity index (χ4v) is 2.93. The van der Waals surface area contributed by atoms with E-state index in [1.54, 1.807) is 0 Å². The van der Waals surface area contributed by atoms with Gasteiger partial charge in [0.15, 0.2) is 0 Å². The molecule has 0 aliphatic heterocycles. The number of aliphatic hydroxyl groups is 1. The summed E-state index contributed by atoms with van der Waals surface area (Å²) < 4.78 is 0. The molecule has 0 aromatic heterocycles. The minimum absolute atomic E-state index is 0.253. The first-order chi connectivity index (χ1) is 11.0. The number of allylic oxidation sites excluding steroid dienone is 1. The molecular weight excluding hydrogens is 335 g/mol. The van der Waals surface area contributed by atoms with Gasteiger partial charge in [-0.05, 0) is 25.7 Å². The van der Waals surface area contributed by atoms with Crippen LogP contribution in [0.1, 0.15) is 90.4 Å². The second-order valence-corrected chi connectivity index (χ2v) is 7.09. The zero-order valence-electron chi connectivity index (χ0n) is 14.3. The van der Waals surface area contributed by atoms with Crippen LogP contribution in [-0.4, -0.2) is 22.3 Å². The molecule has 0 aliphatic carbocycles. The molecule has 2 N–H and O–H groups in total. The first kappa shape index (κ1) is 22.8. The van der Waals surface area contributed by atoms with Crippen molar-refractivity contribution in [2.75, 3.05) is 0 Å². The third-order valence-corrected chi connectivity index (χ3v) is 4.78. The van der Waals surface area contributed by atoms with Crippen LogP contribution < -0.4 is 0 Å². The van der Waals surface area contributed by atoms with Crippen LogP contribution in [0.15, 0.2) is 10.1 Å². The number of aliphatic carboxylic acids is 1. The van der Waals surface area contributed by atoms with E-state index in [9.17, 15) is 9.90 Å². The summed E-state index contributed by atoms with van der Waals surface area (Å²) >= 11 is 12.4. The summed E-state index contributed by atoms with van der Waals surface area (Å²) in [6, 6.07) is 0. The highest BCUT2D eigenvalue weighted by Crippen LogP contribution is 2.25. The molecule has 1 atom stereocenters. The molecule has 0 aromatic carbocycles. The standard InChI is InChI=1S/C18H32Cl2O3/c1-2-3-4-8-11-15(21)14-17(20)16(19)12-9-6-5-7-10-13-18(22)23/h15,21H,2-14H2,1H3,(H,22,23)/b17-16-/t15-/m1/s1. The van der Waals surface area contributed by atoms with Gasteiger partial charge in [-0.1, -0.05) is 75.1 Å². The Hall–Kier alpha value is -0.250. The van der Waals surface area contributed by atoms with Gasteiger partial charge in [-0.2, -0.15) is 0 Å². The van der Waals surface area contributed by atoms with Crippen molar-refractivity contribution in [1.82, 2.24) is 0 Å². The molecule has 0 spiro atoms. The minimum atomic E-state index is -0.726. The molecule has 5 heteroatoms. The molecule has 0 radical (unpaired) electrons. The number of rotatable bonds is 15. The Balaban J connectivity index is 3.73. The van der Waals surface area contributed by atoms with Gasteiger partial charge in [0.1, 0.15) is 0 Å². The Morgan fingerprint density at radius 1 is 0.870 bits per heavy atom. The van der Waals surface area contributed by atoms with Crippen molar-refractivity contribution in [3.05, 3.63) is 10.1 Å². The topological polar surface area (TPSA) is 57.5 Å². The van der Waals surface area contributed by atoms with Gasteiger partial charge in [0.25, 0.3) is 0 Å². The van der Waals surface area contributed by atoms with Crippen LogP contribution in [0.2, 0.25) is 0 Å². The Kier molecular flexibility index (Phi) is 15.1. The summed E-state index contributed by atoms with van der Waals surface area (Å²) in [5, 5.41) is 19.7. The van der Waals surface area contributed by atoms with Crippen LogP contribution in [-0.2, 0) is 4.79 Å². The van der Waals surface area contributed by atoms with Gasteiger partial charge in [-0.15, -0.1) is 0 Å². The van der Waals surface area contributed by atoms with E-state index in [0.717, 1.165) is 57.8 Å². The van der Waals surface area contributed by atoms with Gasteiger partial charge in [0, 0.05) is 22.9 Å². The Morgan fingerprint density at radius 3 is 2.04 bits per heavy atom. The van der Waals surface area contributed by atoms with Crippen molar-refractivity contribution in [1.29, 1.82) is 0 Å². The SMILES string of the molecule is CCCCCC[C@@H](O)C/C(Cl)=C(/Cl)CCCCCCCC(=O)O. The lowest BCUT2D eigenvalue weighted by Gasteiger charge is -2.11. The summed E-state index contributed by atoms with van der Waals surface area (Å²) in [5.41, 5.74) is 0. The van der Waals surface area contributed by atoms with Gasteiger partial charge in [-0.25, -0.2) is 0 Å². The Labute approximate surface area is 151 Å². The molecule has 0 heterocycles. The van der Waals surface area contributed by atoms with Crippen molar-refractivity contribution >= 4 is 29.2 Å². The molecule has 136 valence electrons. The largest absolute Gasteiger partial charge is 0.481 e. The Morgan fingerprint density at radius 2 is 1.43 bits per heavy atom. The van der Waals surface area contributed by atoms with Crippen LogP contribution in [0.3, 0.4) is 0 Å². The van der Waals surface area contributed by atoms with Crippen molar-refractivity contribution in [3.8, 4) is 0 Å². The van der Waals surface area contributed by atoms with Gasteiger partial charge >= 0.3 is 5.97 Å². The van der Waals surface area contributed by atoms with Crippen LogP contribution >= 0.6 is 23.2 Å². The highest BCUT2D eigenvalue weighted by Gasteiger charge is 2.09. The fourth-order valence-electron chi connectivity index (χ4n) is 2.45. The molecule has 0 unspecified atom stereocenters. The molecule has 0 saturated heterocycles. The third kappa shape index (κ3) is 15.0. The summed E-state index contributed by atoms with van der Waals surface area (Å²) in [7, 11) is 0. The van der Waals surface area contributed by atoms with Gasteiger partial charge in [0.05, 0.1) is 6.10 Å². The van der Waals surface area contributed by atoms with E-state index in [1.165, 1.54) is 12.8 Å². The quantitative estimate of drug-likeness (QED) is 0.338. The molecule has 0 aliphatic rings. The van der Waals surface area contributed by atoms with E-state index in [2.05, 4.69) is 6.92 Å². The molecule has 0 saturated carbocycles. The second-order valence-electron chi connectivity index (χ2n) is 6.18. The first-order valence-electron chi connectivity index (χ1n) is 8.90. The zero-order chi connectivity index (χ0) is 17.5. The molecule has 23 heavy (non-hydrogen) atoms. The number of halogens is 2. The number of hydrogen-bond acceptors (Lipinski definition) is 2. The number of carbonyl (C=O) groups is 1. The molecule has 0 aromatic rings. The third-order valence-electron chi connectivity index (χ3n) is 3.89. The van der Waals surface area contributed by atoms with Crippen LogP contribution in [0.25, 0.3) is 0 Å². The van der Waals surface area contributed by atoms with E-state index >= 15 is 0 Å². The number of carboxylic acids is 1. The first-order valence-corrected chi connectivity index (χ1v) is 9.65. The fraction of sp³-hybridized carbons (Fsp3) is 0.833. The van der Waals surface area contributed by atoms with Crippen LogP contribution in [0, 0.1) is 0 Å². The molecule has 0 fully saturated rings. The maximum Gasteiger partial charge on any atom is 0.303 e. The summed E-state index contributed by atoms with van der Waals surface area (Å²) in [6.07, 6.45) is 11.1. The molecule has 0 rings (SSSR count). The molecule has 0 amide bonds. The van der Waals surface area contributed by atoms with E-state index in [0.29, 0.717) is 16.5 Å². The summed E-state index contributed by atoms with van der Waals surface area (Å²) in [5.74, 6) is -0.726. The van der Waals surface area contributed by atoms with Gasteiger partial charge < -0.3 is 10.2 Å². The van der Waals surface area contributed by atoms with E-state index in [-0.39, 0.29) is 6.42 Å². The summed E-state index contributed by atoms with van der Waals surface area (Å²) in [4.78, 5) is 10.4. The van der Waals surface area contributed by atoms with Crippen molar-refractivity contribution in [2.45, 2.75) is 96.5 Å². The van der Waals surface area contributed by atoms with Gasteiger partial charge in [-0.3, -0.25) is 4.79 Å². The van der Waals surface area contributed by atoms with Crippen LogP contribution in [0.4, 0.5) is 0 Å². The highest BCUT2D eigenvalue weighted by atomic mass is 35.5. The molecule has 0 bridgehead atoms. The lowest BCUT2D eigenvalue weighted by Crippen LogP contribution is -2.06. The van der Waals surface area contributed by atoms with E-state index in [4.69, 9.17) is 28.3 Å². The average Bonchev–Trinajstić information content (AvgIpc) is 2.50. The average molecular weight is 367 g/mol. The second kappa shape index (κ2) is 15.3. The minimum Gasteiger partial charge on any atom is -0.481 e. The van der Waals surface area contributed by atoms with E-state index < -0.39 is 12.1 Å². The lowest BCUT2D eigenvalue weighted by atomic mass is 10.1. The number of carboxylic acid groups (broad SMARTS) is 1. The normalized spacial score (nSPS) is 13.7. The number of hydrogen-bond donors (Lipinski definition) is 2. The smallest absolute Gasteiger partial charge is 0.303 e. The predicted molar refractivity (Wildman–Crippen MR) is 98.1 cm³/mol. The lowest BCUT2D eigenvalue weighted by molar-refractivity contribution is -0.137. The Bertz CT molecular complexity index is 343. The molecule has 3 nitrogen and oxygen atoms in total. The van der Waals surface area contributed by atoms with Crippen LogP contribution in [0.5, 0.6) is 0 Å².